The summed E-state index contributed by atoms with van der Waals surface area (Å²) >= 11 is 6.31. The molecule has 4 rings (SSSR count). The summed E-state index contributed by atoms with van der Waals surface area (Å²) in [7, 11) is 1.74. The Morgan fingerprint density at radius 3 is 2.86 bits per heavy atom. The van der Waals surface area contributed by atoms with E-state index in [4.69, 9.17) is 22.8 Å². The van der Waals surface area contributed by atoms with Crippen molar-refractivity contribution in [1.82, 2.24) is 4.90 Å². The molecule has 29 heavy (non-hydrogen) atoms. The Morgan fingerprint density at radius 2 is 2.17 bits per heavy atom. The highest BCUT2D eigenvalue weighted by Gasteiger charge is 2.68. The topological polar surface area (TPSA) is 84.7 Å². The molecule has 1 saturated heterocycles. The van der Waals surface area contributed by atoms with Crippen LogP contribution in [-0.2, 0) is 10.3 Å². The van der Waals surface area contributed by atoms with Crippen LogP contribution in [0.5, 0.6) is 5.75 Å². The van der Waals surface area contributed by atoms with Gasteiger partial charge in [-0.3, -0.25) is 19.8 Å². The van der Waals surface area contributed by atoms with Gasteiger partial charge in [-0.1, -0.05) is 41.8 Å². The number of likely N-dealkylation sites (tertiary alicyclic amines) is 1. The number of nitro groups is 1. The molecule has 1 fully saturated rings. The summed E-state index contributed by atoms with van der Waals surface area (Å²) in [6, 6.07) is 11.0. The Bertz CT molecular complexity index is 1050. The van der Waals surface area contributed by atoms with Crippen LogP contribution in [-0.4, -0.2) is 42.0 Å². The van der Waals surface area contributed by atoms with E-state index in [0.29, 0.717) is 34.1 Å². The molecule has 1 spiro atoms. The van der Waals surface area contributed by atoms with Crippen LogP contribution in [0.3, 0.4) is 0 Å². The van der Waals surface area contributed by atoms with Crippen molar-refractivity contribution in [3.8, 4) is 18.1 Å². The van der Waals surface area contributed by atoms with Crippen molar-refractivity contribution in [2.75, 3.05) is 25.5 Å². The van der Waals surface area contributed by atoms with Gasteiger partial charge in [-0.25, -0.2) is 0 Å². The fraction of sp³-hybridized carbons (Fsp3) is 0.286. The van der Waals surface area contributed by atoms with Gasteiger partial charge in [-0.2, -0.15) is 0 Å². The second-order valence-corrected chi connectivity index (χ2v) is 7.57. The molecular formula is C21H18ClN3O4. The van der Waals surface area contributed by atoms with Crippen molar-refractivity contribution >= 4 is 23.2 Å². The number of hydrogen-bond acceptors (Lipinski definition) is 5. The number of nitrogens with one attached hydrogen (secondary N) is 1. The van der Waals surface area contributed by atoms with E-state index in [0.717, 1.165) is 0 Å². The van der Waals surface area contributed by atoms with Crippen LogP contribution >= 0.6 is 11.6 Å². The Kier molecular flexibility index (Phi) is 4.69. The van der Waals surface area contributed by atoms with Crippen LogP contribution in [0.25, 0.3) is 0 Å². The average Bonchev–Trinajstić information content (AvgIpc) is 3.17. The number of ether oxygens (including phenoxy) is 1. The molecule has 0 radical (unpaired) electrons. The molecule has 148 valence electrons. The number of anilines is 1. The largest absolute Gasteiger partial charge is 0.479 e. The quantitative estimate of drug-likeness (QED) is 0.475. The minimum atomic E-state index is -1.38. The molecule has 0 saturated carbocycles. The van der Waals surface area contributed by atoms with E-state index in [2.05, 4.69) is 11.2 Å². The van der Waals surface area contributed by atoms with E-state index in [1.807, 2.05) is 0 Å². The zero-order valence-electron chi connectivity index (χ0n) is 15.6. The summed E-state index contributed by atoms with van der Waals surface area (Å²) in [4.78, 5) is 26.7. The molecule has 2 aliphatic rings. The van der Waals surface area contributed by atoms with Crippen molar-refractivity contribution in [2.24, 2.45) is 0 Å². The molecule has 8 heteroatoms. The molecular weight excluding hydrogens is 394 g/mol. The fourth-order valence-electron chi connectivity index (χ4n) is 4.56. The lowest BCUT2D eigenvalue weighted by molar-refractivity contribution is -0.534. The first-order valence-corrected chi connectivity index (χ1v) is 9.40. The summed E-state index contributed by atoms with van der Waals surface area (Å²) in [5.74, 6) is 1.86. The number of carbonyl (C=O) groups is 1. The van der Waals surface area contributed by atoms with Gasteiger partial charge in [0.05, 0.1) is 10.9 Å². The normalized spacial score (nSPS) is 25.5. The maximum atomic E-state index is 13.1. The molecule has 2 aromatic carbocycles. The number of benzene rings is 2. The molecule has 0 unspecified atom stereocenters. The summed E-state index contributed by atoms with van der Waals surface area (Å²) in [5, 5.41) is 15.4. The van der Waals surface area contributed by atoms with Gasteiger partial charge in [0.2, 0.25) is 0 Å². The summed E-state index contributed by atoms with van der Waals surface area (Å²) < 4.78 is 5.38. The van der Waals surface area contributed by atoms with Crippen molar-refractivity contribution in [1.29, 1.82) is 0 Å². The highest BCUT2D eigenvalue weighted by atomic mass is 35.5. The Labute approximate surface area is 172 Å². The van der Waals surface area contributed by atoms with Gasteiger partial charge in [0, 0.05) is 22.7 Å². The monoisotopic (exact) mass is 411 g/mol. The van der Waals surface area contributed by atoms with E-state index in [9.17, 15) is 14.9 Å². The SMILES string of the molecule is C#CCOc1ccc([C@@H]2CN(C)[C@@]3(C(=O)Nc4ccccc43)[C@H]2[N+](=O)[O-])cc1Cl. The maximum absolute atomic E-state index is 13.1. The molecule has 2 aromatic rings. The summed E-state index contributed by atoms with van der Waals surface area (Å²) in [6.07, 6.45) is 5.20. The van der Waals surface area contributed by atoms with E-state index in [1.165, 1.54) is 0 Å². The van der Waals surface area contributed by atoms with Gasteiger partial charge >= 0.3 is 0 Å². The average molecular weight is 412 g/mol. The molecule has 1 N–H and O–H groups in total. The second-order valence-electron chi connectivity index (χ2n) is 7.17. The predicted octanol–water partition coefficient (Wildman–Crippen LogP) is 2.87. The highest BCUT2D eigenvalue weighted by Crippen LogP contribution is 2.52. The number of nitrogens with zero attached hydrogens (tertiary/aromatic N) is 2. The number of halogens is 1. The third-order valence-corrected chi connectivity index (χ3v) is 6.03. The van der Waals surface area contributed by atoms with Crippen LogP contribution in [0.2, 0.25) is 5.02 Å². The van der Waals surface area contributed by atoms with Gasteiger partial charge in [0.15, 0.2) is 5.54 Å². The number of fused-ring (bicyclic) bond motifs is 2. The molecule has 2 heterocycles. The molecule has 3 atom stereocenters. The molecule has 0 bridgehead atoms. The van der Waals surface area contributed by atoms with Gasteiger partial charge in [-0.05, 0) is 30.8 Å². The lowest BCUT2D eigenvalue weighted by atomic mass is 9.79. The van der Waals surface area contributed by atoms with E-state index >= 15 is 0 Å². The second kappa shape index (κ2) is 7.07. The number of para-hydroxylation sites is 1. The van der Waals surface area contributed by atoms with Gasteiger partial charge in [0.25, 0.3) is 11.9 Å². The maximum Gasteiger partial charge on any atom is 0.256 e. The number of carbonyl (C=O) groups excluding carboxylic acids is 1. The number of likely N-dealkylation sites (N-methyl/N-ethyl adjacent to an activating group) is 1. The first-order valence-electron chi connectivity index (χ1n) is 9.02. The smallest absolute Gasteiger partial charge is 0.256 e. The minimum absolute atomic E-state index is 0.0722. The molecule has 2 aliphatic heterocycles. The van der Waals surface area contributed by atoms with Crippen LogP contribution in [0.15, 0.2) is 42.5 Å². The number of terminal acetylenes is 1. The van der Waals surface area contributed by atoms with Crippen LogP contribution < -0.4 is 10.1 Å². The Morgan fingerprint density at radius 1 is 1.41 bits per heavy atom. The Hall–Kier alpha value is -3.08. The van der Waals surface area contributed by atoms with Gasteiger partial charge in [0.1, 0.15) is 12.4 Å². The first kappa shape index (κ1) is 19.2. The third-order valence-electron chi connectivity index (χ3n) is 5.74. The van der Waals surface area contributed by atoms with Crippen molar-refractivity contribution < 1.29 is 14.5 Å². The van der Waals surface area contributed by atoms with Crippen molar-refractivity contribution in [3.05, 3.63) is 68.7 Å². The number of rotatable bonds is 4. The zero-order chi connectivity index (χ0) is 20.8. The summed E-state index contributed by atoms with van der Waals surface area (Å²) in [6.45, 7) is 0.400. The van der Waals surface area contributed by atoms with Crippen molar-refractivity contribution in [2.45, 2.75) is 17.5 Å². The highest BCUT2D eigenvalue weighted by molar-refractivity contribution is 6.32. The lowest BCUT2D eigenvalue weighted by Gasteiger charge is -2.30. The standard InChI is InChI=1S/C21H18ClN3O4/c1-3-10-29-18-9-8-13(11-16(18)22)14-12-24(2)21(19(14)25(27)28)15-6-4-5-7-17(15)23-20(21)26/h1,4-9,11,14,19H,10,12H2,2H3,(H,23,26)/t14-,19-,21+/m0/s1. The van der Waals surface area contributed by atoms with E-state index < -0.39 is 17.5 Å². The van der Waals surface area contributed by atoms with E-state index in [-0.39, 0.29) is 17.4 Å². The Balaban J connectivity index is 1.80. The molecule has 1 amide bonds. The van der Waals surface area contributed by atoms with Gasteiger partial charge < -0.3 is 10.1 Å². The molecule has 0 aromatic heterocycles. The minimum Gasteiger partial charge on any atom is -0.479 e. The lowest BCUT2D eigenvalue weighted by Crippen LogP contribution is -2.54. The predicted molar refractivity (Wildman–Crippen MR) is 109 cm³/mol. The zero-order valence-corrected chi connectivity index (χ0v) is 16.3. The molecule has 7 nitrogen and oxygen atoms in total. The van der Waals surface area contributed by atoms with E-state index in [1.54, 1.807) is 54.4 Å². The number of hydrogen-bond donors (Lipinski definition) is 1. The first-order chi connectivity index (χ1) is 13.9. The van der Waals surface area contributed by atoms with Crippen LogP contribution in [0.4, 0.5) is 5.69 Å². The van der Waals surface area contributed by atoms with Crippen molar-refractivity contribution in [3.63, 3.8) is 0 Å². The fourth-order valence-corrected chi connectivity index (χ4v) is 4.81. The van der Waals surface area contributed by atoms with Crippen LogP contribution in [0.1, 0.15) is 17.0 Å². The third kappa shape index (κ3) is 2.76. The number of amides is 1. The molecule has 0 aliphatic carbocycles. The van der Waals surface area contributed by atoms with Gasteiger partial charge in [-0.15, -0.1) is 6.42 Å². The summed E-state index contributed by atoms with van der Waals surface area (Å²) in [5.41, 5.74) is 0.519. The van der Waals surface area contributed by atoms with Crippen LogP contribution in [0, 0.1) is 22.5 Å².